The Balaban J connectivity index is 1.43. The highest BCUT2D eigenvalue weighted by Gasteiger charge is 2.22. The van der Waals surface area contributed by atoms with Crippen LogP contribution in [0.1, 0.15) is 33.0 Å². The van der Waals surface area contributed by atoms with E-state index in [9.17, 15) is 9.59 Å². The number of carbonyl (C=O) groups excluding carboxylic acids is 2. The quantitative estimate of drug-likeness (QED) is 0.247. The highest BCUT2D eigenvalue weighted by molar-refractivity contribution is 5.99. The number of nitrogens with one attached hydrogen (secondary N) is 2. The molecule has 0 aliphatic carbocycles. The van der Waals surface area contributed by atoms with Crippen molar-refractivity contribution in [3.8, 4) is 11.5 Å². The second kappa shape index (κ2) is 12.2. The summed E-state index contributed by atoms with van der Waals surface area (Å²) in [7, 11) is 3.09. The van der Waals surface area contributed by atoms with Gasteiger partial charge in [-0.1, -0.05) is 66.7 Å². The predicted octanol–water partition coefficient (Wildman–Crippen LogP) is 5.24. The van der Waals surface area contributed by atoms with Crippen LogP contribution >= 0.6 is 0 Å². The van der Waals surface area contributed by atoms with Crippen molar-refractivity contribution < 1.29 is 19.1 Å². The molecule has 7 nitrogen and oxygen atoms in total. The van der Waals surface area contributed by atoms with Crippen LogP contribution in [0, 0.1) is 0 Å². The van der Waals surface area contributed by atoms with E-state index in [-0.39, 0.29) is 11.8 Å². The molecular weight excluding hydrogens is 466 g/mol. The number of para-hydroxylation sites is 1. The summed E-state index contributed by atoms with van der Waals surface area (Å²) in [5.41, 5.74) is 5.94. The number of methoxy groups -OCH3 is 2. The third-order valence-electron chi connectivity index (χ3n) is 5.75. The molecule has 0 bridgehead atoms. The monoisotopic (exact) mass is 493 g/mol. The van der Waals surface area contributed by atoms with Crippen LogP contribution in [-0.2, 0) is 4.79 Å². The van der Waals surface area contributed by atoms with Gasteiger partial charge in [0.25, 0.3) is 5.91 Å². The van der Waals surface area contributed by atoms with Crippen LogP contribution in [0.5, 0.6) is 11.5 Å². The Morgan fingerprint density at radius 3 is 1.95 bits per heavy atom. The summed E-state index contributed by atoms with van der Waals surface area (Å²) in [4.78, 5) is 25.8. The van der Waals surface area contributed by atoms with E-state index in [1.807, 2.05) is 60.7 Å². The number of ether oxygens (including phenoxy) is 2. The van der Waals surface area contributed by atoms with Gasteiger partial charge in [0.1, 0.15) is 0 Å². The molecule has 4 aromatic carbocycles. The second-order valence-electron chi connectivity index (χ2n) is 8.10. The first-order valence-corrected chi connectivity index (χ1v) is 11.7. The lowest BCUT2D eigenvalue weighted by molar-refractivity contribution is -0.116. The van der Waals surface area contributed by atoms with Gasteiger partial charge in [0, 0.05) is 16.8 Å². The van der Waals surface area contributed by atoms with E-state index in [0.29, 0.717) is 28.3 Å². The number of rotatable bonds is 9. The predicted molar refractivity (Wildman–Crippen MR) is 144 cm³/mol. The maximum absolute atomic E-state index is 13.3. The van der Waals surface area contributed by atoms with Crippen LogP contribution in [0.3, 0.4) is 0 Å². The van der Waals surface area contributed by atoms with Crippen LogP contribution in [0.2, 0.25) is 0 Å². The first kappa shape index (κ1) is 25.2. The number of anilines is 1. The van der Waals surface area contributed by atoms with Crippen molar-refractivity contribution in [2.75, 3.05) is 19.5 Å². The first-order chi connectivity index (χ1) is 18.1. The number of amides is 2. The lowest BCUT2D eigenvalue weighted by Gasteiger charge is -2.18. The smallest absolute Gasteiger partial charge is 0.271 e. The van der Waals surface area contributed by atoms with E-state index in [1.165, 1.54) is 13.3 Å². The Morgan fingerprint density at radius 2 is 1.38 bits per heavy atom. The molecule has 2 N–H and O–H groups in total. The maximum Gasteiger partial charge on any atom is 0.271 e. The molecule has 0 aliphatic rings. The Bertz CT molecular complexity index is 1330. The molecule has 0 spiro atoms. The molecule has 0 heterocycles. The van der Waals surface area contributed by atoms with Crippen LogP contribution in [-0.4, -0.2) is 32.2 Å². The van der Waals surface area contributed by atoms with E-state index in [4.69, 9.17) is 9.47 Å². The summed E-state index contributed by atoms with van der Waals surface area (Å²) in [5.74, 6) is 0.0757. The zero-order chi connectivity index (χ0) is 26.0. The average Bonchev–Trinajstić information content (AvgIpc) is 2.94. The van der Waals surface area contributed by atoms with Crippen LogP contribution in [0.15, 0.2) is 108 Å². The van der Waals surface area contributed by atoms with Crippen molar-refractivity contribution in [3.05, 3.63) is 125 Å². The van der Waals surface area contributed by atoms with Gasteiger partial charge in [-0.25, -0.2) is 5.43 Å². The van der Waals surface area contributed by atoms with Crippen molar-refractivity contribution in [1.29, 1.82) is 0 Å². The molecule has 0 saturated carbocycles. The largest absolute Gasteiger partial charge is 0.493 e. The molecule has 2 amide bonds. The van der Waals surface area contributed by atoms with Crippen molar-refractivity contribution in [2.45, 2.75) is 5.92 Å². The minimum Gasteiger partial charge on any atom is -0.493 e. The van der Waals surface area contributed by atoms with Gasteiger partial charge in [-0.05, 0) is 47.5 Å². The lowest BCUT2D eigenvalue weighted by Crippen LogP contribution is -2.22. The SMILES string of the molecule is COc1cccc(/C=N/NC(=O)c2ccc(NC(=O)C(c3ccccc3)c3ccccc3)cc2)c1OC. The van der Waals surface area contributed by atoms with Gasteiger partial charge in [-0.2, -0.15) is 5.10 Å². The Labute approximate surface area is 215 Å². The number of hydrogen-bond donors (Lipinski definition) is 2. The Morgan fingerprint density at radius 1 is 0.757 bits per heavy atom. The zero-order valence-corrected chi connectivity index (χ0v) is 20.5. The van der Waals surface area contributed by atoms with Gasteiger partial charge in [0.05, 0.1) is 26.4 Å². The molecule has 0 aliphatic heterocycles. The third kappa shape index (κ3) is 6.21. The minimum atomic E-state index is -0.465. The summed E-state index contributed by atoms with van der Waals surface area (Å²) in [5, 5.41) is 7.00. The van der Waals surface area contributed by atoms with E-state index in [2.05, 4.69) is 15.8 Å². The van der Waals surface area contributed by atoms with Gasteiger partial charge in [0.15, 0.2) is 11.5 Å². The van der Waals surface area contributed by atoms with Crippen molar-refractivity contribution in [2.24, 2.45) is 5.10 Å². The van der Waals surface area contributed by atoms with Gasteiger partial charge < -0.3 is 14.8 Å². The number of nitrogens with zero attached hydrogens (tertiary/aromatic N) is 1. The average molecular weight is 494 g/mol. The van der Waals surface area contributed by atoms with Gasteiger partial charge in [-0.15, -0.1) is 0 Å². The lowest BCUT2D eigenvalue weighted by atomic mass is 9.90. The van der Waals surface area contributed by atoms with E-state index in [0.717, 1.165) is 11.1 Å². The zero-order valence-electron chi connectivity index (χ0n) is 20.5. The fourth-order valence-electron chi connectivity index (χ4n) is 3.94. The van der Waals surface area contributed by atoms with E-state index in [1.54, 1.807) is 49.6 Å². The second-order valence-corrected chi connectivity index (χ2v) is 8.10. The maximum atomic E-state index is 13.3. The molecule has 4 rings (SSSR count). The number of hydrogen-bond acceptors (Lipinski definition) is 5. The molecule has 7 heteroatoms. The molecule has 37 heavy (non-hydrogen) atoms. The minimum absolute atomic E-state index is 0.161. The van der Waals surface area contributed by atoms with Crippen LogP contribution in [0.25, 0.3) is 0 Å². The van der Waals surface area contributed by atoms with E-state index < -0.39 is 5.92 Å². The van der Waals surface area contributed by atoms with Gasteiger partial charge in [0.2, 0.25) is 5.91 Å². The fourth-order valence-corrected chi connectivity index (χ4v) is 3.94. The van der Waals surface area contributed by atoms with Gasteiger partial charge in [-0.3, -0.25) is 9.59 Å². The van der Waals surface area contributed by atoms with Crippen LogP contribution < -0.4 is 20.2 Å². The molecule has 186 valence electrons. The highest BCUT2D eigenvalue weighted by Crippen LogP contribution is 2.29. The van der Waals surface area contributed by atoms with E-state index >= 15 is 0 Å². The van der Waals surface area contributed by atoms with Gasteiger partial charge >= 0.3 is 0 Å². The molecule has 0 unspecified atom stereocenters. The van der Waals surface area contributed by atoms with Crippen molar-refractivity contribution in [3.63, 3.8) is 0 Å². The summed E-state index contributed by atoms with van der Waals surface area (Å²) >= 11 is 0. The molecule has 0 radical (unpaired) electrons. The highest BCUT2D eigenvalue weighted by atomic mass is 16.5. The topological polar surface area (TPSA) is 89.0 Å². The Kier molecular flexibility index (Phi) is 8.29. The summed E-state index contributed by atoms with van der Waals surface area (Å²) in [6, 6.07) is 31.3. The molecule has 0 fully saturated rings. The summed E-state index contributed by atoms with van der Waals surface area (Å²) < 4.78 is 10.6. The summed E-state index contributed by atoms with van der Waals surface area (Å²) in [6.45, 7) is 0. The molecule has 0 atom stereocenters. The number of benzene rings is 4. The Hall–Kier alpha value is -4.91. The van der Waals surface area contributed by atoms with Crippen LogP contribution in [0.4, 0.5) is 5.69 Å². The third-order valence-corrected chi connectivity index (χ3v) is 5.75. The van der Waals surface area contributed by atoms with Crippen molar-refractivity contribution in [1.82, 2.24) is 5.43 Å². The fraction of sp³-hybridized carbons (Fsp3) is 0.100. The number of carbonyl (C=O) groups is 2. The molecular formula is C30H27N3O4. The molecule has 4 aromatic rings. The van der Waals surface area contributed by atoms with Crippen molar-refractivity contribution >= 4 is 23.7 Å². The number of hydrazone groups is 1. The first-order valence-electron chi connectivity index (χ1n) is 11.7. The molecule has 0 saturated heterocycles. The molecule has 0 aromatic heterocycles. The standard InChI is InChI=1S/C30H27N3O4/c1-36-26-15-9-14-24(28(26)37-2)20-31-33-29(34)23-16-18-25(19-17-23)32-30(35)27(21-10-5-3-6-11-21)22-12-7-4-8-13-22/h3-20,27H,1-2H3,(H,32,35)(H,33,34)/b31-20+. The normalized spacial score (nSPS) is 10.8. The summed E-state index contributed by atoms with van der Waals surface area (Å²) in [6.07, 6.45) is 1.49.